The molecule has 0 radical (unpaired) electrons. The number of carbonyl (C=O) groups excluding carboxylic acids is 1. The minimum atomic E-state index is -0.703. The summed E-state index contributed by atoms with van der Waals surface area (Å²) in [5.41, 5.74) is -0.703. The van der Waals surface area contributed by atoms with Crippen LogP contribution in [0.1, 0.15) is 39.0 Å². The highest BCUT2D eigenvalue weighted by atomic mass is 16.5. The van der Waals surface area contributed by atoms with Gasteiger partial charge in [0.05, 0.1) is 25.3 Å². The summed E-state index contributed by atoms with van der Waals surface area (Å²) in [4.78, 5) is 17.1. The number of hydrogen-bond donors (Lipinski definition) is 1. The second-order valence-electron chi connectivity index (χ2n) is 8.01. The van der Waals surface area contributed by atoms with Crippen molar-refractivity contribution >= 4 is 5.91 Å². The summed E-state index contributed by atoms with van der Waals surface area (Å²) in [6.07, 6.45) is 5.55. The zero-order chi connectivity index (χ0) is 17.3. The second kappa shape index (κ2) is 6.99. The summed E-state index contributed by atoms with van der Waals surface area (Å²) in [6.45, 7) is 3.72. The van der Waals surface area contributed by atoms with Gasteiger partial charge in [0.2, 0.25) is 5.91 Å². The molecule has 1 aliphatic heterocycles. The summed E-state index contributed by atoms with van der Waals surface area (Å²) in [5.74, 6) is 0.292. The van der Waals surface area contributed by atoms with E-state index in [0.717, 1.165) is 38.6 Å². The van der Waals surface area contributed by atoms with Crippen LogP contribution in [0.15, 0.2) is 0 Å². The predicted octanol–water partition coefficient (Wildman–Crippen LogP) is 0.978. The third kappa shape index (κ3) is 3.74. The van der Waals surface area contributed by atoms with E-state index in [1.165, 1.54) is 0 Å². The highest BCUT2D eigenvalue weighted by molar-refractivity contribution is 5.79. The number of amides is 1. The number of rotatable bonds is 5. The van der Waals surface area contributed by atoms with E-state index in [4.69, 9.17) is 4.74 Å². The van der Waals surface area contributed by atoms with Gasteiger partial charge < -0.3 is 15.0 Å². The molecule has 1 heterocycles. The summed E-state index contributed by atoms with van der Waals surface area (Å²) in [6, 6.07) is 3.20. The van der Waals surface area contributed by atoms with Crippen LogP contribution in [-0.4, -0.2) is 73.2 Å². The third-order valence-corrected chi connectivity index (χ3v) is 6.01. The van der Waals surface area contributed by atoms with Crippen molar-refractivity contribution in [3.8, 4) is 6.07 Å². The number of nitriles is 1. The first kappa shape index (κ1) is 17.7. The van der Waals surface area contributed by atoms with Crippen LogP contribution in [0, 0.1) is 17.2 Å². The van der Waals surface area contributed by atoms with Crippen LogP contribution < -0.4 is 5.32 Å². The van der Waals surface area contributed by atoms with E-state index in [0.29, 0.717) is 31.2 Å². The van der Waals surface area contributed by atoms with Gasteiger partial charge in [0, 0.05) is 18.6 Å². The van der Waals surface area contributed by atoms with Gasteiger partial charge in [0.25, 0.3) is 0 Å². The third-order valence-electron chi connectivity index (χ3n) is 6.01. The van der Waals surface area contributed by atoms with Crippen LogP contribution in [0.5, 0.6) is 0 Å². The minimum absolute atomic E-state index is 0.0265. The minimum Gasteiger partial charge on any atom is -0.375 e. The van der Waals surface area contributed by atoms with Crippen LogP contribution in [-0.2, 0) is 9.53 Å². The molecule has 1 amide bonds. The molecule has 1 saturated heterocycles. The number of hydrogen-bond acceptors (Lipinski definition) is 5. The zero-order valence-electron chi connectivity index (χ0n) is 15.1. The van der Waals surface area contributed by atoms with Gasteiger partial charge in [0.15, 0.2) is 0 Å². The summed E-state index contributed by atoms with van der Waals surface area (Å²) >= 11 is 0. The summed E-state index contributed by atoms with van der Waals surface area (Å²) in [7, 11) is 4.25. The second-order valence-corrected chi connectivity index (χ2v) is 8.01. The van der Waals surface area contributed by atoms with Crippen LogP contribution >= 0.6 is 0 Å². The molecule has 4 atom stereocenters. The van der Waals surface area contributed by atoms with E-state index >= 15 is 0 Å². The van der Waals surface area contributed by atoms with Gasteiger partial charge in [-0.05, 0) is 59.0 Å². The van der Waals surface area contributed by atoms with E-state index in [2.05, 4.69) is 35.3 Å². The molecule has 3 fully saturated rings. The van der Waals surface area contributed by atoms with Crippen molar-refractivity contribution in [1.29, 1.82) is 5.26 Å². The van der Waals surface area contributed by atoms with Gasteiger partial charge in [-0.1, -0.05) is 0 Å². The number of fused-ring (bicyclic) bond motifs is 1. The van der Waals surface area contributed by atoms with Gasteiger partial charge >= 0.3 is 0 Å². The van der Waals surface area contributed by atoms with Crippen molar-refractivity contribution in [2.75, 3.05) is 33.8 Å². The summed E-state index contributed by atoms with van der Waals surface area (Å²) in [5, 5.41) is 12.4. The van der Waals surface area contributed by atoms with Gasteiger partial charge in [-0.2, -0.15) is 5.26 Å². The van der Waals surface area contributed by atoms with E-state index in [1.807, 2.05) is 6.92 Å². The maximum absolute atomic E-state index is 12.5. The van der Waals surface area contributed by atoms with Crippen molar-refractivity contribution in [2.45, 2.75) is 62.8 Å². The Morgan fingerprint density at radius 1 is 1.38 bits per heavy atom. The Labute approximate surface area is 145 Å². The molecule has 6 nitrogen and oxygen atoms in total. The molecule has 3 aliphatic rings. The normalized spacial score (nSPS) is 33.4. The number of nitrogens with one attached hydrogen (secondary N) is 1. The molecule has 3 rings (SSSR count). The molecule has 134 valence electrons. The lowest BCUT2D eigenvalue weighted by molar-refractivity contribution is -0.132. The molecular weight excluding hydrogens is 304 g/mol. The standard InChI is InChI=1S/C18H30N4O2/c1-18(12-19,13-4-5-13)20-17(23)11-22-8-9-24-16-10-14(21(2)3)6-7-15(16)22/h13-16H,4-11H2,1-3H3,(H,20,23)/t14-,15-,16-,18-/m1/s1. The van der Waals surface area contributed by atoms with Crippen molar-refractivity contribution < 1.29 is 9.53 Å². The predicted molar refractivity (Wildman–Crippen MR) is 91.3 cm³/mol. The fourth-order valence-corrected chi connectivity index (χ4v) is 4.24. The van der Waals surface area contributed by atoms with E-state index in [9.17, 15) is 10.1 Å². The molecule has 24 heavy (non-hydrogen) atoms. The SMILES string of the molecule is CN(C)[C@@H]1CC[C@@H]2[C@@H](C1)OCCN2CC(=O)N[C@](C)(C#N)C1CC1. The van der Waals surface area contributed by atoms with Crippen molar-refractivity contribution in [3.05, 3.63) is 0 Å². The molecule has 2 aliphatic carbocycles. The van der Waals surface area contributed by atoms with Gasteiger partial charge in [-0.15, -0.1) is 0 Å². The Morgan fingerprint density at radius 3 is 2.75 bits per heavy atom. The van der Waals surface area contributed by atoms with Gasteiger partial charge in [0.1, 0.15) is 5.54 Å². The zero-order valence-corrected chi connectivity index (χ0v) is 15.1. The van der Waals surface area contributed by atoms with E-state index < -0.39 is 5.54 Å². The average molecular weight is 334 g/mol. The van der Waals surface area contributed by atoms with E-state index in [1.54, 1.807) is 0 Å². The fourth-order valence-electron chi connectivity index (χ4n) is 4.24. The Hall–Kier alpha value is -1.16. The van der Waals surface area contributed by atoms with Crippen LogP contribution in [0.3, 0.4) is 0 Å². The largest absolute Gasteiger partial charge is 0.375 e. The van der Waals surface area contributed by atoms with Crippen LogP contribution in [0.25, 0.3) is 0 Å². The highest BCUT2D eigenvalue weighted by Crippen LogP contribution is 2.39. The topological polar surface area (TPSA) is 68.6 Å². The molecule has 1 N–H and O–H groups in total. The Bertz CT molecular complexity index is 514. The quantitative estimate of drug-likeness (QED) is 0.812. The lowest BCUT2D eigenvalue weighted by atomic mass is 9.86. The van der Waals surface area contributed by atoms with Crippen molar-refractivity contribution in [3.63, 3.8) is 0 Å². The summed E-state index contributed by atoms with van der Waals surface area (Å²) < 4.78 is 5.99. The number of nitrogens with zero attached hydrogens (tertiary/aromatic N) is 3. The molecule has 0 spiro atoms. The number of ether oxygens (including phenoxy) is 1. The molecule has 0 aromatic rings. The van der Waals surface area contributed by atoms with Crippen LogP contribution in [0.4, 0.5) is 0 Å². The average Bonchev–Trinajstić information content (AvgIpc) is 3.39. The molecule has 2 saturated carbocycles. The van der Waals surface area contributed by atoms with E-state index in [-0.39, 0.29) is 12.0 Å². The van der Waals surface area contributed by atoms with Crippen molar-refractivity contribution in [1.82, 2.24) is 15.1 Å². The smallest absolute Gasteiger partial charge is 0.235 e. The fraction of sp³-hybridized carbons (Fsp3) is 0.889. The lowest BCUT2D eigenvalue weighted by Crippen LogP contribution is -2.59. The molecule has 0 aromatic carbocycles. The Morgan fingerprint density at radius 2 is 2.12 bits per heavy atom. The molecule has 6 heteroatoms. The van der Waals surface area contributed by atoms with Crippen molar-refractivity contribution in [2.24, 2.45) is 5.92 Å². The first-order chi connectivity index (χ1) is 11.4. The van der Waals surface area contributed by atoms with Crippen LogP contribution in [0.2, 0.25) is 0 Å². The number of morpholine rings is 1. The maximum Gasteiger partial charge on any atom is 0.235 e. The first-order valence-corrected chi connectivity index (χ1v) is 9.17. The van der Waals surface area contributed by atoms with Gasteiger partial charge in [-0.25, -0.2) is 0 Å². The maximum atomic E-state index is 12.5. The molecule has 0 bridgehead atoms. The molecule has 0 unspecified atom stereocenters. The number of carbonyl (C=O) groups is 1. The monoisotopic (exact) mass is 334 g/mol. The Kier molecular flexibility index (Phi) is 5.14. The Balaban J connectivity index is 1.57. The lowest BCUT2D eigenvalue weighted by Gasteiger charge is -2.46. The highest BCUT2D eigenvalue weighted by Gasteiger charge is 2.44. The first-order valence-electron chi connectivity index (χ1n) is 9.17. The molecule has 0 aromatic heterocycles. The molecular formula is C18H30N4O2. The van der Waals surface area contributed by atoms with Gasteiger partial charge in [-0.3, -0.25) is 9.69 Å².